The van der Waals surface area contributed by atoms with E-state index in [1.54, 1.807) is 12.1 Å². The summed E-state index contributed by atoms with van der Waals surface area (Å²) in [6, 6.07) is 15.7. The van der Waals surface area contributed by atoms with Crippen molar-refractivity contribution in [2.45, 2.75) is 32.9 Å². The van der Waals surface area contributed by atoms with Crippen molar-refractivity contribution in [3.05, 3.63) is 59.7 Å². The van der Waals surface area contributed by atoms with Crippen LogP contribution in [0, 0.1) is 0 Å². The van der Waals surface area contributed by atoms with Crippen LogP contribution in [0.4, 0.5) is 11.4 Å². The zero-order valence-corrected chi connectivity index (χ0v) is 13.3. The van der Waals surface area contributed by atoms with Crippen molar-refractivity contribution < 1.29 is 4.79 Å². The molecule has 2 aromatic carbocycles. The highest BCUT2D eigenvalue weighted by molar-refractivity contribution is 5.96. The number of nitrogens with two attached hydrogens (primary N) is 1. The molecule has 0 saturated carbocycles. The second-order valence-corrected chi connectivity index (χ2v) is 5.71. The molecule has 4 heteroatoms. The van der Waals surface area contributed by atoms with E-state index in [-0.39, 0.29) is 18.0 Å². The number of carbonyl (C=O) groups is 1. The van der Waals surface area contributed by atoms with Crippen LogP contribution in [0.25, 0.3) is 0 Å². The largest absolute Gasteiger partial charge is 0.397 e. The fraction of sp³-hybridized carbons (Fsp3) is 0.278. The molecule has 0 aliphatic carbocycles. The lowest BCUT2D eigenvalue weighted by atomic mass is 10.1. The monoisotopic (exact) mass is 297 g/mol. The summed E-state index contributed by atoms with van der Waals surface area (Å²) in [5.74, 6) is -0.107. The van der Waals surface area contributed by atoms with Gasteiger partial charge in [-0.25, -0.2) is 0 Å². The third-order valence-corrected chi connectivity index (χ3v) is 3.41. The molecule has 4 N–H and O–H groups in total. The van der Waals surface area contributed by atoms with E-state index < -0.39 is 0 Å². The molecule has 2 aromatic rings. The van der Waals surface area contributed by atoms with Crippen LogP contribution in [0.3, 0.4) is 0 Å². The Hall–Kier alpha value is -2.49. The van der Waals surface area contributed by atoms with E-state index in [4.69, 9.17) is 5.73 Å². The highest BCUT2D eigenvalue weighted by Crippen LogP contribution is 2.25. The van der Waals surface area contributed by atoms with Gasteiger partial charge in [-0.05, 0) is 44.5 Å². The Labute approximate surface area is 131 Å². The van der Waals surface area contributed by atoms with E-state index in [2.05, 4.69) is 29.7 Å². The molecule has 0 heterocycles. The van der Waals surface area contributed by atoms with Gasteiger partial charge in [-0.2, -0.15) is 0 Å². The lowest BCUT2D eigenvalue weighted by Crippen LogP contribution is -2.30. The number of benzene rings is 2. The first kappa shape index (κ1) is 15.9. The van der Waals surface area contributed by atoms with Gasteiger partial charge < -0.3 is 16.4 Å². The minimum absolute atomic E-state index is 0.102. The SMILES string of the molecule is CC(C)NC(=O)c1ccc(N[C@H](C)c2ccccc2)c(N)c1. The number of nitrogen functional groups attached to an aromatic ring is 1. The Balaban J connectivity index is 2.11. The van der Waals surface area contributed by atoms with Gasteiger partial charge in [0.25, 0.3) is 5.91 Å². The molecule has 0 spiro atoms. The molecule has 1 amide bonds. The van der Waals surface area contributed by atoms with Gasteiger partial charge in [-0.15, -0.1) is 0 Å². The van der Waals surface area contributed by atoms with Crippen molar-refractivity contribution in [1.29, 1.82) is 0 Å². The maximum absolute atomic E-state index is 12.0. The van der Waals surface area contributed by atoms with E-state index in [1.165, 1.54) is 5.56 Å². The van der Waals surface area contributed by atoms with Gasteiger partial charge in [0.2, 0.25) is 0 Å². The highest BCUT2D eigenvalue weighted by atomic mass is 16.1. The summed E-state index contributed by atoms with van der Waals surface area (Å²) >= 11 is 0. The molecule has 116 valence electrons. The minimum atomic E-state index is -0.107. The minimum Gasteiger partial charge on any atom is -0.397 e. The molecule has 0 aliphatic heterocycles. The van der Waals surface area contributed by atoms with Crippen LogP contribution in [-0.4, -0.2) is 11.9 Å². The first-order valence-electron chi connectivity index (χ1n) is 7.49. The zero-order valence-electron chi connectivity index (χ0n) is 13.3. The standard InChI is InChI=1S/C18H23N3O/c1-12(2)20-18(22)15-9-10-17(16(19)11-15)21-13(3)14-7-5-4-6-8-14/h4-13,21H,19H2,1-3H3,(H,20,22)/t13-/m1/s1. The molecular weight excluding hydrogens is 274 g/mol. The molecule has 0 aliphatic rings. The maximum Gasteiger partial charge on any atom is 0.251 e. The molecule has 0 saturated heterocycles. The summed E-state index contributed by atoms with van der Waals surface area (Å²) < 4.78 is 0. The lowest BCUT2D eigenvalue weighted by molar-refractivity contribution is 0.0943. The number of carbonyl (C=O) groups excluding carboxylic acids is 1. The van der Waals surface area contributed by atoms with Crippen molar-refractivity contribution >= 4 is 17.3 Å². The Morgan fingerprint density at radius 2 is 1.73 bits per heavy atom. The molecule has 22 heavy (non-hydrogen) atoms. The van der Waals surface area contributed by atoms with Crippen LogP contribution in [0.2, 0.25) is 0 Å². The average Bonchev–Trinajstić information content (AvgIpc) is 2.49. The van der Waals surface area contributed by atoms with Crippen LogP contribution >= 0.6 is 0 Å². The Morgan fingerprint density at radius 1 is 1.05 bits per heavy atom. The quantitative estimate of drug-likeness (QED) is 0.739. The van der Waals surface area contributed by atoms with Gasteiger partial charge in [0.15, 0.2) is 0 Å². The van der Waals surface area contributed by atoms with E-state index in [0.717, 1.165) is 5.69 Å². The van der Waals surface area contributed by atoms with E-state index >= 15 is 0 Å². The maximum atomic E-state index is 12.0. The van der Waals surface area contributed by atoms with Crippen molar-refractivity contribution in [1.82, 2.24) is 5.32 Å². The number of hydrogen-bond acceptors (Lipinski definition) is 3. The first-order valence-corrected chi connectivity index (χ1v) is 7.49. The zero-order chi connectivity index (χ0) is 16.1. The summed E-state index contributed by atoms with van der Waals surface area (Å²) in [7, 11) is 0. The fourth-order valence-electron chi connectivity index (χ4n) is 2.24. The van der Waals surface area contributed by atoms with Crippen LogP contribution in [0.1, 0.15) is 42.7 Å². The van der Waals surface area contributed by atoms with E-state index in [0.29, 0.717) is 11.3 Å². The fourth-order valence-corrected chi connectivity index (χ4v) is 2.24. The predicted molar refractivity (Wildman–Crippen MR) is 91.9 cm³/mol. The number of rotatable bonds is 5. The van der Waals surface area contributed by atoms with Crippen molar-refractivity contribution in [3.8, 4) is 0 Å². The molecule has 0 radical (unpaired) electrons. The number of nitrogens with one attached hydrogen (secondary N) is 2. The molecule has 4 nitrogen and oxygen atoms in total. The molecule has 1 atom stereocenters. The van der Waals surface area contributed by atoms with Crippen LogP contribution in [0.5, 0.6) is 0 Å². The van der Waals surface area contributed by atoms with E-state index in [9.17, 15) is 4.79 Å². The molecule has 0 aromatic heterocycles. The number of amides is 1. The summed E-state index contributed by atoms with van der Waals surface area (Å²) in [5, 5.41) is 6.23. The lowest BCUT2D eigenvalue weighted by Gasteiger charge is -2.18. The van der Waals surface area contributed by atoms with E-state index in [1.807, 2.05) is 38.1 Å². The van der Waals surface area contributed by atoms with Crippen molar-refractivity contribution in [3.63, 3.8) is 0 Å². The second-order valence-electron chi connectivity index (χ2n) is 5.71. The molecule has 0 fully saturated rings. The van der Waals surface area contributed by atoms with Gasteiger partial charge in [0.1, 0.15) is 0 Å². The van der Waals surface area contributed by atoms with Gasteiger partial charge >= 0.3 is 0 Å². The first-order chi connectivity index (χ1) is 10.5. The highest BCUT2D eigenvalue weighted by Gasteiger charge is 2.11. The van der Waals surface area contributed by atoms with Crippen LogP contribution in [-0.2, 0) is 0 Å². The molecular formula is C18H23N3O. The Bertz CT molecular complexity index is 638. The molecule has 2 rings (SSSR count). The van der Waals surface area contributed by atoms with Gasteiger partial charge in [0, 0.05) is 17.6 Å². The normalized spacial score (nSPS) is 12.0. The van der Waals surface area contributed by atoms with Gasteiger partial charge in [-0.1, -0.05) is 30.3 Å². The number of anilines is 2. The van der Waals surface area contributed by atoms with Crippen LogP contribution in [0.15, 0.2) is 48.5 Å². The Kier molecular flexibility index (Phi) is 5.04. The summed E-state index contributed by atoms with van der Waals surface area (Å²) in [6.45, 7) is 5.94. The van der Waals surface area contributed by atoms with Crippen LogP contribution < -0.4 is 16.4 Å². The average molecular weight is 297 g/mol. The van der Waals surface area contributed by atoms with Gasteiger partial charge in [0.05, 0.1) is 11.4 Å². The Morgan fingerprint density at radius 3 is 2.32 bits per heavy atom. The predicted octanol–water partition coefficient (Wildman–Crippen LogP) is 3.58. The smallest absolute Gasteiger partial charge is 0.251 e. The molecule has 0 bridgehead atoms. The summed E-state index contributed by atoms with van der Waals surface area (Å²) in [6.07, 6.45) is 0. The number of hydrogen-bond donors (Lipinski definition) is 3. The van der Waals surface area contributed by atoms with Crippen molar-refractivity contribution in [2.24, 2.45) is 0 Å². The third kappa shape index (κ3) is 4.01. The van der Waals surface area contributed by atoms with Gasteiger partial charge in [-0.3, -0.25) is 4.79 Å². The topological polar surface area (TPSA) is 67.2 Å². The third-order valence-electron chi connectivity index (χ3n) is 3.41. The summed E-state index contributed by atoms with van der Waals surface area (Å²) in [5.41, 5.74) is 9.23. The van der Waals surface area contributed by atoms with Crippen molar-refractivity contribution in [2.75, 3.05) is 11.1 Å². The second kappa shape index (κ2) is 6.98. The summed E-state index contributed by atoms with van der Waals surface area (Å²) in [4.78, 5) is 12.0. The molecule has 0 unspecified atom stereocenters.